The Morgan fingerprint density at radius 1 is 1.27 bits per heavy atom. The van der Waals surface area contributed by atoms with Crippen LogP contribution in [0.25, 0.3) is 0 Å². The quantitative estimate of drug-likeness (QED) is 0.777. The molecule has 2 fully saturated rings. The molecule has 4 heterocycles. The summed E-state index contributed by atoms with van der Waals surface area (Å²) in [5.41, 5.74) is 0.453. The average molecular weight is 371 g/mol. The van der Waals surface area contributed by atoms with E-state index in [4.69, 9.17) is 10.00 Å². The van der Waals surface area contributed by atoms with E-state index in [1.165, 1.54) is 6.20 Å². The van der Waals surface area contributed by atoms with Crippen LogP contribution in [0.5, 0.6) is 5.88 Å². The monoisotopic (exact) mass is 371 g/mol. The third-order valence-electron chi connectivity index (χ3n) is 5.15. The Balaban J connectivity index is 1.47. The lowest BCUT2D eigenvalue weighted by Crippen LogP contribution is -2.68. The molecule has 2 saturated heterocycles. The first-order valence-corrected chi connectivity index (χ1v) is 9.92. The van der Waals surface area contributed by atoms with Crippen molar-refractivity contribution < 1.29 is 13.2 Å². The molecule has 0 N–H and O–H groups in total. The predicted molar refractivity (Wildman–Crippen MR) is 93.3 cm³/mol. The Hall–Kier alpha value is -2.73. The molecule has 1 unspecified atom stereocenters. The number of sulfone groups is 1. The Kier molecular flexibility index (Phi) is 4.00. The second-order valence-electron chi connectivity index (χ2n) is 6.58. The highest BCUT2D eigenvalue weighted by Crippen LogP contribution is 2.45. The van der Waals surface area contributed by atoms with Crippen molar-refractivity contribution in [1.82, 2.24) is 15.0 Å². The van der Waals surface area contributed by atoms with Gasteiger partial charge < -0.3 is 9.64 Å². The van der Waals surface area contributed by atoms with Crippen molar-refractivity contribution in [2.45, 2.75) is 11.2 Å². The Morgan fingerprint density at radius 2 is 2.04 bits per heavy atom. The van der Waals surface area contributed by atoms with Crippen LogP contribution in [0.1, 0.15) is 12.0 Å². The molecular formula is C17H17N5O3S. The zero-order valence-corrected chi connectivity index (χ0v) is 14.8. The van der Waals surface area contributed by atoms with Crippen LogP contribution in [0.4, 0.5) is 5.95 Å². The van der Waals surface area contributed by atoms with Gasteiger partial charge in [-0.2, -0.15) is 5.26 Å². The summed E-state index contributed by atoms with van der Waals surface area (Å²) in [6, 6.07) is 6.98. The summed E-state index contributed by atoms with van der Waals surface area (Å²) in [4.78, 5) is 14.3. The zero-order valence-electron chi connectivity index (χ0n) is 13.9. The number of pyridine rings is 1. The first-order valence-electron chi connectivity index (χ1n) is 8.27. The van der Waals surface area contributed by atoms with Crippen molar-refractivity contribution in [3.05, 3.63) is 42.4 Å². The van der Waals surface area contributed by atoms with Gasteiger partial charge in [0.05, 0.1) is 17.9 Å². The summed E-state index contributed by atoms with van der Waals surface area (Å²) in [5.74, 6) is 1.01. The lowest BCUT2D eigenvalue weighted by atomic mass is 9.84. The van der Waals surface area contributed by atoms with Crippen molar-refractivity contribution >= 4 is 15.8 Å². The van der Waals surface area contributed by atoms with Gasteiger partial charge in [-0.25, -0.2) is 23.4 Å². The third-order valence-corrected chi connectivity index (χ3v) is 7.75. The Bertz CT molecular complexity index is 935. The van der Waals surface area contributed by atoms with E-state index in [1.807, 2.05) is 11.0 Å². The van der Waals surface area contributed by atoms with Crippen LogP contribution in [0.15, 0.2) is 36.8 Å². The van der Waals surface area contributed by atoms with Gasteiger partial charge in [-0.3, -0.25) is 0 Å². The van der Waals surface area contributed by atoms with Gasteiger partial charge in [0.15, 0.2) is 9.84 Å². The smallest absolute Gasteiger partial charge is 0.225 e. The number of rotatable bonds is 4. The molecule has 8 nitrogen and oxygen atoms in total. The van der Waals surface area contributed by atoms with Crippen LogP contribution in [0, 0.1) is 17.2 Å². The number of anilines is 1. The molecule has 2 aliphatic heterocycles. The Morgan fingerprint density at radius 3 is 2.69 bits per heavy atom. The zero-order chi connectivity index (χ0) is 18.2. The van der Waals surface area contributed by atoms with Gasteiger partial charge in [0.25, 0.3) is 0 Å². The standard InChI is InChI=1S/C17H17N5O3S/c18-8-13-2-3-15(21-9-13)25-10-14-4-7-26(23,24)17(14)11-22(12-17)16-19-5-1-6-20-16/h1-3,5-6,9,14H,4,7,10-12H2. The van der Waals surface area contributed by atoms with Crippen LogP contribution in [-0.2, 0) is 9.84 Å². The highest BCUT2D eigenvalue weighted by Gasteiger charge is 2.62. The fourth-order valence-electron chi connectivity index (χ4n) is 3.62. The Labute approximate surface area is 151 Å². The van der Waals surface area contributed by atoms with E-state index >= 15 is 0 Å². The van der Waals surface area contributed by atoms with Crippen molar-refractivity contribution in [3.63, 3.8) is 0 Å². The maximum Gasteiger partial charge on any atom is 0.225 e. The summed E-state index contributed by atoms with van der Waals surface area (Å²) < 4.78 is 30.3. The van der Waals surface area contributed by atoms with Gasteiger partial charge in [-0.05, 0) is 18.6 Å². The first kappa shape index (κ1) is 16.7. The molecule has 1 atom stereocenters. The molecule has 134 valence electrons. The van der Waals surface area contributed by atoms with E-state index in [1.54, 1.807) is 30.6 Å². The average Bonchev–Trinajstić information content (AvgIpc) is 2.90. The number of hydrogen-bond acceptors (Lipinski definition) is 8. The van der Waals surface area contributed by atoms with E-state index in [0.717, 1.165) is 0 Å². The van der Waals surface area contributed by atoms with Gasteiger partial charge in [0, 0.05) is 43.7 Å². The van der Waals surface area contributed by atoms with E-state index < -0.39 is 14.6 Å². The van der Waals surface area contributed by atoms with Gasteiger partial charge in [-0.1, -0.05) is 0 Å². The molecule has 4 rings (SSSR count). The summed E-state index contributed by atoms with van der Waals surface area (Å²) >= 11 is 0. The first-order chi connectivity index (χ1) is 12.5. The molecule has 0 aromatic carbocycles. The summed E-state index contributed by atoms with van der Waals surface area (Å²) in [6.45, 7) is 1.05. The van der Waals surface area contributed by atoms with Crippen molar-refractivity contribution in [1.29, 1.82) is 5.26 Å². The number of aromatic nitrogens is 3. The number of nitrogens with zero attached hydrogens (tertiary/aromatic N) is 5. The van der Waals surface area contributed by atoms with Crippen molar-refractivity contribution in [2.24, 2.45) is 5.92 Å². The minimum Gasteiger partial charge on any atom is -0.477 e. The second kappa shape index (κ2) is 6.21. The summed E-state index contributed by atoms with van der Waals surface area (Å²) in [5, 5.41) is 8.80. The van der Waals surface area contributed by atoms with E-state index in [9.17, 15) is 8.42 Å². The van der Waals surface area contributed by atoms with Gasteiger partial charge >= 0.3 is 0 Å². The van der Waals surface area contributed by atoms with Crippen LogP contribution in [0.2, 0.25) is 0 Å². The van der Waals surface area contributed by atoms with Crippen LogP contribution < -0.4 is 9.64 Å². The molecule has 2 aromatic rings. The van der Waals surface area contributed by atoms with E-state index in [2.05, 4.69) is 15.0 Å². The maximum atomic E-state index is 12.7. The molecule has 26 heavy (non-hydrogen) atoms. The van der Waals surface area contributed by atoms with E-state index in [-0.39, 0.29) is 18.3 Å². The second-order valence-corrected chi connectivity index (χ2v) is 9.03. The molecule has 0 radical (unpaired) electrons. The van der Waals surface area contributed by atoms with Crippen LogP contribution >= 0.6 is 0 Å². The molecule has 2 aliphatic rings. The lowest BCUT2D eigenvalue weighted by Gasteiger charge is -2.49. The maximum absolute atomic E-state index is 12.7. The lowest BCUT2D eigenvalue weighted by molar-refractivity contribution is 0.187. The molecule has 0 bridgehead atoms. The van der Waals surface area contributed by atoms with E-state index in [0.29, 0.717) is 36.9 Å². The molecule has 0 amide bonds. The molecule has 9 heteroatoms. The fraction of sp³-hybridized carbons (Fsp3) is 0.412. The SMILES string of the molecule is N#Cc1ccc(OCC2CCS(=O)(=O)C23CN(c2ncccn2)C3)nc1. The summed E-state index contributed by atoms with van der Waals surface area (Å²) in [6.07, 6.45) is 5.30. The molecule has 0 saturated carbocycles. The topological polar surface area (TPSA) is 109 Å². The van der Waals surface area contributed by atoms with Crippen LogP contribution in [0.3, 0.4) is 0 Å². The van der Waals surface area contributed by atoms with Gasteiger partial charge in [0.1, 0.15) is 10.8 Å². The predicted octanol–water partition coefficient (Wildman–Crippen LogP) is 0.816. The number of ether oxygens (including phenoxy) is 1. The number of hydrogen-bond donors (Lipinski definition) is 0. The van der Waals surface area contributed by atoms with Crippen molar-refractivity contribution in [3.8, 4) is 11.9 Å². The minimum atomic E-state index is -3.20. The summed E-state index contributed by atoms with van der Waals surface area (Å²) in [7, 11) is -3.20. The van der Waals surface area contributed by atoms with Gasteiger partial charge in [-0.15, -0.1) is 0 Å². The largest absolute Gasteiger partial charge is 0.477 e. The highest BCUT2D eigenvalue weighted by atomic mass is 32.2. The minimum absolute atomic E-state index is 0.107. The highest BCUT2D eigenvalue weighted by molar-refractivity contribution is 7.93. The van der Waals surface area contributed by atoms with Crippen LogP contribution in [-0.4, -0.2) is 53.6 Å². The third kappa shape index (κ3) is 2.66. The van der Waals surface area contributed by atoms with Gasteiger partial charge in [0.2, 0.25) is 11.8 Å². The molecule has 2 aromatic heterocycles. The molecular weight excluding hydrogens is 354 g/mol. The molecule has 1 spiro atoms. The molecule has 0 aliphatic carbocycles. The normalized spacial score (nSPS) is 22.6. The fourth-order valence-corrected chi connectivity index (χ4v) is 6.02. The van der Waals surface area contributed by atoms with Crippen molar-refractivity contribution in [2.75, 3.05) is 30.3 Å². The number of nitriles is 1.